The quantitative estimate of drug-likeness (QED) is 0.433. The number of hydrogen-bond donors (Lipinski definition) is 1. The molecule has 1 amide bonds. The molecule has 0 saturated carbocycles. The molecule has 0 bridgehead atoms. The number of carbonyl (C=O) groups excluding carboxylic acids is 1. The second-order valence-corrected chi connectivity index (χ2v) is 6.64. The highest BCUT2D eigenvalue weighted by molar-refractivity contribution is 6.30. The van der Waals surface area contributed by atoms with E-state index in [2.05, 4.69) is 22.7 Å². The van der Waals surface area contributed by atoms with E-state index in [9.17, 15) is 4.79 Å². The van der Waals surface area contributed by atoms with E-state index >= 15 is 0 Å². The zero-order valence-corrected chi connectivity index (χ0v) is 16.7. The molecule has 0 atom stereocenters. The Morgan fingerprint density at radius 1 is 1.03 bits per heavy atom. The van der Waals surface area contributed by atoms with E-state index in [1.807, 2.05) is 30.3 Å². The topological polar surface area (TPSA) is 59.9 Å². The first-order chi connectivity index (χ1) is 14.2. The number of hydrogen-bond acceptors (Lipinski definition) is 4. The smallest absolute Gasteiger partial charge is 0.271 e. The average Bonchev–Trinajstić information content (AvgIpc) is 2.75. The summed E-state index contributed by atoms with van der Waals surface area (Å²) in [6, 6.07) is 22.2. The number of carbonyl (C=O) groups is 1. The van der Waals surface area contributed by atoms with Gasteiger partial charge in [0.05, 0.1) is 19.9 Å². The Kier molecular flexibility index (Phi) is 7.25. The number of methoxy groups -OCH3 is 1. The molecule has 0 heterocycles. The van der Waals surface area contributed by atoms with Gasteiger partial charge < -0.3 is 9.47 Å². The molecule has 148 valence electrons. The molecule has 0 fully saturated rings. The van der Waals surface area contributed by atoms with Gasteiger partial charge in [-0.25, -0.2) is 5.43 Å². The lowest BCUT2D eigenvalue weighted by Gasteiger charge is -2.11. The summed E-state index contributed by atoms with van der Waals surface area (Å²) in [5.74, 6) is 0.947. The molecule has 0 aliphatic heterocycles. The number of nitrogens with zero attached hydrogens (tertiary/aromatic N) is 1. The molecule has 0 saturated heterocycles. The van der Waals surface area contributed by atoms with E-state index in [1.54, 1.807) is 43.7 Å². The van der Waals surface area contributed by atoms with E-state index in [0.29, 0.717) is 28.7 Å². The Morgan fingerprint density at radius 3 is 2.52 bits per heavy atom. The van der Waals surface area contributed by atoms with Gasteiger partial charge in [-0.2, -0.15) is 5.10 Å². The summed E-state index contributed by atoms with van der Waals surface area (Å²) >= 11 is 5.82. The highest BCUT2D eigenvalue weighted by atomic mass is 35.5. The van der Waals surface area contributed by atoms with Crippen molar-refractivity contribution in [1.29, 1.82) is 0 Å². The third-order valence-electron chi connectivity index (χ3n) is 4.16. The molecule has 3 rings (SSSR count). The number of halogens is 1. The van der Waals surface area contributed by atoms with Crippen molar-refractivity contribution in [3.63, 3.8) is 0 Å². The second kappa shape index (κ2) is 10.3. The van der Waals surface area contributed by atoms with Crippen LogP contribution < -0.4 is 14.9 Å². The predicted octanol–water partition coefficient (Wildman–Crippen LogP) is 4.73. The summed E-state index contributed by atoms with van der Waals surface area (Å²) in [7, 11) is 1.59. The maximum atomic E-state index is 12.0. The van der Waals surface area contributed by atoms with Gasteiger partial charge in [0.25, 0.3) is 5.91 Å². The van der Waals surface area contributed by atoms with Crippen LogP contribution in [0.4, 0.5) is 0 Å². The number of rotatable bonds is 8. The minimum absolute atomic E-state index is 0.314. The Labute approximate surface area is 174 Å². The molecule has 1 N–H and O–H groups in total. The van der Waals surface area contributed by atoms with Crippen molar-refractivity contribution in [3.8, 4) is 11.5 Å². The highest BCUT2D eigenvalue weighted by Crippen LogP contribution is 2.27. The fourth-order valence-electron chi connectivity index (χ4n) is 2.64. The minimum Gasteiger partial charge on any atom is -0.493 e. The Morgan fingerprint density at radius 2 is 1.79 bits per heavy atom. The van der Waals surface area contributed by atoms with E-state index in [0.717, 1.165) is 12.0 Å². The molecule has 0 unspecified atom stereocenters. The first kappa shape index (κ1) is 20.4. The van der Waals surface area contributed by atoms with Gasteiger partial charge in [-0.15, -0.1) is 0 Å². The second-order valence-electron chi connectivity index (χ2n) is 6.20. The zero-order chi connectivity index (χ0) is 20.5. The van der Waals surface area contributed by atoms with Crippen LogP contribution in [0.1, 0.15) is 21.5 Å². The van der Waals surface area contributed by atoms with Gasteiger partial charge in [0.2, 0.25) is 0 Å². The van der Waals surface area contributed by atoms with E-state index in [1.165, 1.54) is 5.56 Å². The molecule has 5 nitrogen and oxygen atoms in total. The highest BCUT2D eigenvalue weighted by Gasteiger charge is 2.06. The number of amides is 1. The fourth-order valence-corrected chi connectivity index (χ4v) is 2.76. The summed E-state index contributed by atoms with van der Waals surface area (Å²) in [5.41, 5.74) is 4.95. The van der Waals surface area contributed by atoms with Crippen LogP contribution in [-0.4, -0.2) is 25.8 Å². The number of nitrogens with one attached hydrogen (secondary N) is 1. The van der Waals surface area contributed by atoms with Crippen LogP contribution in [0, 0.1) is 0 Å². The van der Waals surface area contributed by atoms with Gasteiger partial charge in [0.15, 0.2) is 11.5 Å². The van der Waals surface area contributed by atoms with Crippen molar-refractivity contribution in [3.05, 3.63) is 94.5 Å². The molecular formula is C23H21ClN2O3. The summed E-state index contributed by atoms with van der Waals surface area (Å²) < 4.78 is 11.3. The van der Waals surface area contributed by atoms with Crippen molar-refractivity contribution in [2.24, 2.45) is 5.10 Å². The molecule has 0 aliphatic rings. The first-order valence-corrected chi connectivity index (χ1v) is 9.47. The summed E-state index contributed by atoms with van der Waals surface area (Å²) in [6.45, 7) is 0.547. The molecule has 0 spiro atoms. The van der Waals surface area contributed by atoms with Gasteiger partial charge in [0, 0.05) is 17.0 Å². The Balaban J connectivity index is 1.56. The molecule has 0 aliphatic carbocycles. The zero-order valence-electron chi connectivity index (χ0n) is 16.0. The molecule has 3 aromatic rings. The molecule has 29 heavy (non-hydrogen) atoms. The van der Waals surface area contributed by atoms with Crippen LogP contribution >= 0.6 is 11.6 Å². The average molecular weight is 409 g/mol. The Bertz CT molecular complexity index is 973. The summed E-state index contributed by atoms with van der Waals surface area (Å²) in [4.78, 5) is 12.0. The van der Waals surface area contributed by atoms with Crippen molar-refractivity contribution >= 4 is 23.7 Å². The third kappa shape index (κ3) is 6.09. The minimum atomic E-state index is -0.314. The lowest BCUT2D eigenvalue weighted by Crippen LogP contribution is -2.17. The van der Waals surface area contributed by atoms with Crippen LogP contribution in [0.5, 0.6) is 11.5 Å². The molecule has 0 aromatic heterocycles. The largest absolute Gasteiger partial charge is 0.493 e. The standard InChI is InChI=1S/C23H21ClN2O3/c1-28-22-15-18(16-25-26-23(27)19-8-10-20(24)11-9-19)7-12-21(22)29-14-13-17-5-3-2-4-6-17/h2-12,15-16H,13-14H2,1H3,(H,26,27)/b25-16+. The molecule has 6 heteroatoms. The van der Waals surface area contributed by atoms with Gasteiger partial charge >= 0.3 is 0 Å². The molecule has 3 aromatic carbocycles. The molecular weight excluding hydrogens is 388 g/mol. The van der Waals surface area contributed by atoms with Crippen molar-refractivity contribution in [2.75, 3.05) is 13.7 Å². The predicted molar refractivity (Wildman–Crippen MR) is 115 cm³/mol. The number of ether oxygens (including phenoxy) is 2. The van der Waals surface area contributed by atoms with E-state index in [4.69, 9.17) is 21.1 Å². The van der Waals surface area contributed by atoms with E-state index < -0.39 is 0 Å². The fraction of sp³-hybridized carbons (Fsp3) is 0.130. The summed E-state index contributed by atoms with van der Waals surface area (Å²) in [6.07, 6.45) is 2.36. The third-order valence-corrected chi connectivity index (χ3v) is 4.42. The lowest BCUT2D eigenvalue weighted by atomic mass is 10.2. The number of hydrazone groups is 1. The lowest BCUT2D eigenvalue weighted by molar-refractivity contribution is 0.0955. The monoisotopic (exact) mass is 408 g/mol. The van der Waals surface area contributed by atoms with Crippen LogP contribution in [0.25, 0.3) is 0 Å². The Hall–Kier alpha value is -3.31. The maximum absolute atomic E-state index is 12.0. The van der Waals surface area contributed by atoms with Gasteiger partial charge in [0.1, 0.15) is 0 Å². The van der Waals surface area contributed by atoms with Crippen LogP contribution in [0.3, 0.4) is 0 Å². The van der Waals surface area contributed by atoms with E-state index in [-0.39, 0.29) is 5.91 Å². The maximum Gasteiger partial charge on any atom is 0.271 e. The molecule has 0 radical (unpaired) electrons. The number of benzene rings is 3. The van der Waals surface area contributed by atoms with Gasteiger partial charge in [-0.1, -0.05) is 41.9 Å². The van der Waals surface area contributed by atoms with Crippen molar-refractivity contribution in [2.45, 2.75) is 6.42 Å². The van der Waals surface area contributed by atoms with Crippen molar-refractivity contribution < 1.29 is 14.3 Å². The normalized spacial score (nSPS) is 10.7. The van der Waals surface area contributed by atoms with Gasteiger partial charge in [-0.3, -0.25) is 4.79 Å². The SMILES string of the molecule is COc1cc(/C=N/NC(=O)c2ccc(Cl)cc2)ccc1OCCc1ccccc1. The van der Waals surface area contributed by atoms with Crippen molar-refractivity contribution in [1.82, 2.24) is 5.43 Å². The summed E-state index contributed by atoms with van der Waals surface area (Å²) in [5, 5.41) is 4.57. The van der Waals surface area contributed by atoms with Crippen LogP contribution in [0.2, 0.25) is 5.02 Å². The van der Waals surface area contributed by atoms with Crippen LogP contribution in [-0.2, 0) is 6.42 Å². The van der Waals surface area contributed by atoms with Crippen LogP contribution in [0.15, 0.2) is 77.9 Å². The van der Waals surface area contributed by atoms with Gasteiger partial charge in [-0.05, 0) is 53.6 Å². The first-order valence-electron chi connectivity index (χ1n) is 9.09.